The van der Waals surface area contributed by atoms with E-state index in [9.17, 15) is 14.7 Å². The van der Waals surface area contributed by atoms with E-state index in [-0.39, 0.29) is 18.1 Å². The molecule has 9 heteroatoms. The van der Waals surface area contributed by atoms with Gasteiger partial charge in [-0.1, -0.05) is 42.5 Å². The van der Waals surface area contributed by atoms with Crippen molar-refractivity contribution >= 4 is 23.3 Å². The van der Waals surface area contributed by atoms with Crippen LogP contribution in [0.1, 0.15) is 34.5 Å². The Hall–Kier alpha value is -3.92. The summed E-state index contributed by atoms with van der Waals surface area (Å²) in [5.41, 5.74) is 8.59. The standard InChI is InChI=1S/C29H29N5O4/c30-29(18-36,22-4-2-1-3-5-22)26-25-23(31-19-32-26)16-24(38-25)20-6-8-21(9-7-20)27(37)33-12-14-34(15-13-33)28(17-35)10-11-28/h1-9,16-17,19,36H,10-15,18,30H2/t29-/m0/s1. The van der Waals surface area contributed by atoms with Crippen molar-refractivity contribution in [3.05, 3.63) is 83.8 Å². The normalized spacial score (nSPS) is 18.7. The second kappa shape index (κ2) is 9.43. The zero-order valence-electron chi connectivity index (χ0n) is 20.9. The molecule has 1 aliphatic carbocycles. The molecule has 0 bridgehead atoms. The van der Waals surface area contributed by atoms with Gasteiger partial charge in [0.1, 0.15) is 35.1 Å². The van der Waals surface area contributed by atoms with E-state index in [2.05, 4.69) is 14.9 Å². The third-order valence-electron chi connectivity index (χ3n) is 7.87. The molecule has 1 amide bonds. The zero-order valence-corrected chi connectivity index (χ0v) is 20.9. The van der Waals surface area contributed by atoms with Gasteiger partial charge in [0, 0.05) is 43.4 Å². The highest BCUT2D eigenvalue weighted by molar-refractivity contribution is 5.95. The fraction of sp³-hybridized carbons (Fsp3) is 0.310. The first-order chi connectivity index (χ1) is 18.5. The number of nitrogens with two attached hydrogens (primary N) is 1. The van der Waals surface area contributed by atoms with Crippen LogP contribution < -0.4 is 5.73 Å². The van der Waals surface area contributed by atoms with Crippen LogP contribution >= 0.6 is 0 Å². The summed E-state index contributed by atoms with van der Waals surface area (Å²) < 4.78 is 6.19. The van der Waals surface area contributed by atoms with Gasteiger partial charge in [-0.3, -0.25) is 9.69 Å². The van der Waals surface area contributed by atoms with Gasteiger partial charge in [-0.25, -0.2) is 9.97 Å². The quantitative estimate of drug-likeness (QED) is 0.363. The molecule has 2 fully saturated rings. The summed E-state index contributed by atoms with van der Waals surface area (Å²) in [5, 5.41) is 10.3. The monoisotopic (exact) mass is 511 g/mol. The van der Waals surface area contributed by atoms with Crippen LogP contribution in [0.3, 0.4) is 0 Å². The largest absolute Gasteiger partial charge is 0.452 e. The maximum atomic E-state index is 13.1. The van der Waals surface area contributed by atoms with Crippen molar-refractivity contribution in [3.63, 3.8) is 0 Å². The van der Waals surface area contributed by atoms with Crippen molar-refractivity contribution in [1.29, 1.82) is 0 Å². The number of benzene rings is 2. The Balaban J connectivity index is 1.22. The van der Waals surface area contributed by atoms with E-state index in [0.29, 0.717) is 59.9 Å². The molecule has 6 rings (SSSR count). The number of aliphatic hydroxyl groups is 1. The predicted octanol–water partition coefficient (Wildman–Crippen LogP) is 2.57. The molecule has 0 radical (unpaired) electrons. The Morgan fingerprint density at radius 3 is 2.39 bits per heavy atom. The molecule has 4 aromatic rings. The highest BCUT2D eigenvalue weighted by atomic mass is 16.3. The zero-order chi connectivity index (χ0) is 26.3. The summed E-state index contributed by atoms with van der Waals surface area (Å²) in [6.07, 6.45) is 4.31. The number of aliphatic hydroxyl groups excluding tert-OH is 1. The Labute approximate surface area is 219 Å². The molecule has 0 unspecified atom stereocenters. The van der Waals surface area contributed by atoms with Crippen LogP contribution in [0.5, 0.6) is 0 Å². The molecule has 0 spiro atoms. The van der Waals surface area contributed by atoms with Crippen LogP contribution in [-0.2, 0) is 10.3 Å². The van der Waals surface area contributed by atoms with Crippen molar-refractivity contribution in [2.45, 2.75) is 23.9 Å². The third kappa shape index (κ3) is 4.09. The lowest BCUT2D eigenvalue weighted by molar-refractivity contribution is -0.114. The molecular weight excluding hydrogens is 482 g/mol. The highest BCUT2D eigenvalue weighted by Crippen LogP contribution is 2.40. The molecule has 9 nitrogen and oxygen atoms in total. The summed E-state index contributed by atoms with van der Waals surface area (Å²) in [6.45, 7) is 2.28. The number of aromatic nitrogens is 2. The third-order valence-corrected chi connectivity index (χ3v) is 7.87. The summed E-state index contributed by atoms with van der Waals surface area (Å²) in [4.78, 5) is 37.3. The Bertz CT molecular complexity index is 1470. The van der Waals surface area contributed by atoms with Crippen molar-refractivity contribution in [2.24, 2.45) is 5.73 Å². The number of hydrogen-bond donors (Lipinski definition) is 2. The van der Waals surface area contributed by atoms with Crippen molar-refractivity contribution in [2.75, 3.05) is 32.8 Å². The van der Waals surface area contributed by atoms with Gasteiger partial charge in [0.15, 0.2) is 5.58 Å². The molecule has 1 saturated heterocycles. The molecule has 2 aliphatic rings. The Morgan fingerprint density at radius 1 is 1.05 bits per heavy atom. The first kappa shape index (κ1) is 24.4. The number of hydrogen-bond acceptors (Lipinski definition) is 8. The second-order valence-corrected chi connectivity index (χ2v) is 10.1. The van der Waals surface area contributed by atoms with Gasteiger partial charge in [0.2, 0.25) is 0 Å². The van der Waals surface area contributed by atoms with E-state index in [0.717, 1.165) is 24.7 Å². The highest BCUT2D eigenvalue weighted by Gasteiger charge is 2.48. The van der Waals surface area contributed by atoms with Gasteiger partial charge in [0.25, 0.3) is 5.91 Å². The minimum Gasteiger partial charge on any atom is -0.452 e. The van der Waals surface area contributed by atoms with Crippen molar-refractivity contribution in [1.82, 2.24) is 19.8 Å². The topological polar surface area (TPSA) is 126 Å². The van der Waals surface area contributed by atoms with Crippen LogP contribution in [0.4, 0.5) is 0 Å². The lowest BCUT2D eigenvalue weighted by atomic mass is 9.88. The van der Waals surface area contributed by atoms with Crippen LogP contribution in [0.25, 0.3) is 22.4 Å². The summed E-state index contributed by atoms with van der Waals surface area (Å²) in [6, 6.07) is 18.4. The van der Waals surface area contributed by atoms with E-state index >= 15 is 0 Å². The minimum atomic E-state index is -1.26. The summed E-state index contributed by atoms with van der Waals surface area (Å²) in [5.74, 6) is 0.537. The minimum absolute atomic E-state index is 0.0244. The average Bonchev–Trinajstić information content (AvgIpc) is 3.67. The summed E-state index contributed by atoms with van der Waals surface area (Å²) in [7, 11) is 0. The molecule has 1 aliphatic heterocycles. The molecular formula is C29H29N5O4. The number of nitrogens with zero attached hydrogens (tertiary/aromatic N) is 4. The molecule has 2 aromatic carbocycles. The van der Waals surface area contributed by atoms with Crippen molar-refractivity contribution in [3.8, 4) is 11.3 Å². The van der Waals surface area contributed by atoms with Gasteiger partial charge in [-0.05, 0) is 30.5 Å². The predicted molar refractivity (Wildman–Crippen MR) is 141 cm³/mol. The SMILES string of the molecule is N[C@@](CO)(c1ccccc1)c1ncnc2cc(-c3ccc(C(=O)N4CCN(C5(C=O)CC5)CC4)cc3)oc12. The molecule has 1 atom stereocenters. The Morgan fingerprint density at radius 2 is 1.76 bits per heavy atom. The van der Waals surface area contributed by atoms with Gasteiger partial charge in [-0.2, -0.15) is 0 Å². The van der Waals surface area contributed by atoms with E-state index in [1.54, 1.807) is 18.2 Å². The van der Waals surface area contributed by atoms with E-state index in [1.807, 2.05) is 47.4 Å². The van der Waals surface area contributed by atoms with E-state index in [1.165, 1.54) is 6.33 Å². The van der Waals surface area contributed by atoms with E-state index in [4.69, 9.17) is 10.2 Å². The number of furan rings is 1. The maximum absolute atomic E-state index is 13.1. The van der Waals surface area contributed by atoms with Crippen LogP contribution in [0.15, 0.2) is 71.4 Å². The van der Waals surface area contributed by atoms with Crippen LogP contribution in [0, 0.1) is 0 Å². The number of rotatable bonds is 7. The van der Waals surface area contributed by atoms with Crippen LogP contribution in [0.2, 0.25) is 0 Å². The van der Waals surface area contributed by atoms with Crippen molar-refractivity contribution < 1.29 is 19.1 Å². The first-order valence-corrected chi connectivity index (χ1v) is 12.8. The molecule has 194 valence electrons. The van der Waals surface area contributed by atoms with Gasteiger partial charge in [0.05, 0.1) is 12.1 Å². The fourth-order valence-corrected chi connectivity index (χ4v) is 5.30. The smallest absolute Gasteiger partial charge is 0.253 e. The second-order valence-electron chi connectivity index (χ2n) is 10.1. The average molecular weight is 512 g/mol. The lowest BCUT2D eigenvalue weighted by Crippen LogP contribution is -2.53. The molecule has 3 heterocycles. The molecule has 3 N–H and O–H groups in total. The number of carbonyl (C=O) groups excluding carboxylic acids is 2. The number of aldehydes is 1. The van der Waals surface area contributed by atoms with Gasteiger partial charge in [-0.15, -0.1) is 0 Å². The van der Waals surface area contributed by atoms with Crippen LogP contribution in [-0.4, -0.2) is 75.4 Å². The molecule has 38 heavy (non-hydrogen) atoms. The fourth-order valence-electron chi connectivity index (χ4n) is 5.30. The Kier molecular flexibility index (Phi) is 6.06. The number of piperazine rings is 1. The number of fused-ring (bicyclic) bond motifs is 1. The molecule has 1 saturated carbocycles. The number of amides is 1. The van der Waals surface area contributed by atoms with E-state index < -0.39 is 5.54 Å². The summed E-state index contributed by atoms with van der Waals surface area (Å²) >= 11 is 0. The van der Waals surface area contributed by atoms with Gasteiger partial charge >= 0.3 is 0 Å². The number of carbonyl (C=O) groups is 2. The lowest BCUT2D eigenvalue weighted by Gasteiger charge is -2.37. The molecule has 2 aromatic heterocycles. The maximum Gasteiger partial charge on any atom is 0.253 e. The van der Waals surface area contributed by atoms with Gasteiger partial charge < -0.3 is 25.0 Å². The first-order valence-electron chi connectivity index (χ1n) is 12.8.